The lowest BCUT2D eigenvalue weighted by atomic mass is 10.1. The van der Waals surface area contributed by atoms with E-state index in [4.69, 9.17) is 14.2 Å². The smallest absolute Gasteiger partial charge is 0.306 e. The summed E-state index contributed by atoms with van der Waals surface area (Å²) in [5, 5.41) is 0. The van der Waals surface area contributed by atoms with Crippen LogP contribution in [-0.4, -0.2) is 37.2 Å². The Morgan fingerprint density at radius 1 is 0.375 bits per heavy atom. The third-order valence-electron chi connectivity index (χ3n) is 9.41. The van der Waals surface area contributed by atoms with Gasteiger partial charge in [0.05, 0.1) is 0 Å². The van der Waals surface area contributed by atoms with Crippen molar-refractivity contribution in [2.24, 2.45) is 0 Å². The molecule has 0 radical (unpaired) electrons. The van der Waals surface area contributed by atoms with E-state index in [1.54, 1.807) is 0 Å². The average Bonchev–Trinajstić information content (AvgIpc) is 3.19. The second-order valence-electron chi connectivity index (χ2n) is 14.9. The lowest BCUT2D eigenvalue weighted by molar-refractivity contribution is -0.167. The van der Waals surface area contributed by atoms with Crippen molar-refractivity contribution in [1.82, 2.24) is 0 Å². The van der Waals surface area contributed by atoms with E-state index in [1.165, 1.54) is 77.0 Å². The molecule has 0 bridgehead atoms. The molecule has 0 spiro atoms. The quantitative estimate of drug-likeness (QED) is 0.0267. The molecule has 1 atom stereocenters. The summed E-state index contributed by atoms with van der Waals surface area (Å²) in [6.45, 7) is 6.38. The maximum Gasteiger partial charge on any atom is 0.306 e. The Kier molecular flexibility index (Phi) is 42.1. The van der Waals surface area contributed by atoms with Crippen molar-refractivity contribution >= 4 is 17.9 Å². The van der Waals surface area contributed by atoms with Gasteiger partial charge < -0.3 is 14.2 Å². The van der Waals surface area contributed by atoms with E-state index >= 15 is 0 Å². The van der Waals surface area contributed by atoms with Crippen LogP contribution in [0.25, 0.3) is 0 Å². The van der Waals surface area contributed by atoms with Gasteiger partial charge >= 0.3 is 17.9 Å². The van der Waals surface area contributed by atoms with Gasteiger partial charge in [0.25, 0.3) is 0 Å². The number of hydrogen-bond acceptors (Lipinski definition) is 6. The summed E-state index contributed by atoms with van der Waals surface area (Å²) in [6.07, 6.45) is 54.7. The zero-order valence-electron chi connectivity index (χ0n) is 36.4. The summed E-state index contributed by atoms with van der Waals surface area (Å²) in [5.41, 5.74) is 0. The number of carbonyl (C=O) groups excluding carboxylic acids is 3. The number of carbonyl (C=O) groups is 3. The molecule has 1 unspecified atom stereocenters. The first-order valence-electron chi connectivity index (χ1n) is 22.9. The van der Waals surface area contributed by atoms with Gasteiger partial charge in [-0.05, 0) is 103 Å². The highest BCUT2D eigenvalue weighted by Crippen LogP contribution is 2.12. The molecular formula is C50H84O6. The number of rotatable bonds is 40. The first-order chi connectivity index (χ1) is 27.5. The molecule has 0 amide bonds. The summed E-state index contributed by atoms with van der Waals surface area (Å²) in [4.78, 5) is 37.6. The van der Waals surface area contributed by atoms with Gasteiger partial charge in [-0.3, -0.25) is 14.4 Å². The van der Waals surface area contributed by atoms with Crippen molar-refractivity contribution < 1.29 is 28.6 Å². The molecule has 0 aliphatic rings. The van der Waals surface area contributed by atoms with Crippen LogP contribution in [0.3, 0.4) is 0 Å². The van der Waals surface area contributed by atoms with Crippen LogP contribution in [0.1, 0.15) is 207 Å². The molecule has 0 fully saturated rings. The molecular weight excluding hydrogens is 697 g/mol. The number of esters is 3. The fourth-order valence-corrected chi connectivity index (χ4v) is 5.96. The highest BCUT2D eigenvalue weighted by atomic mass is 16.6. The number of hydrogen-bond donors (Lipinski definition) is 0. The fourth-order valence-electron chi connectivity index (χ4n) is 5.96. The molecule has 0 aliphatic heterocycles. The molecule has 0 aromatic heterocycles. The molecule has 0 heterocycles. The van der Waals surface area contributed by atoms with Gasteiger partial charge in [0.1, 0.15) is 13.2 Å². The van der Waals surface area contributed by atoms with E-state index in [9.17, 15) is 14.4 Å². The summed E-state index contributed by atoms with van der Waals surface area (Å²) in [5.74, 6) is -1.02. The van der Waals surface area contributed by atoms with Crippen LogP contribution in [0.2, 0.25) is 0 Å². The third kappa shape index (κ3) is 42.0. The van der Waals surface area contributed by atoms with E-state index in [1.807, 2.05) is 0 Å². The molecule has 0 aromatic carbocycles. The topological polar surface area (TPSA) is 78.9 Å². The molecule has 0 saturated heterocycles. The van der Waals surface area contributed by atoms with Crippen LogP contribution in [0.15, 0.2) is 72.9 Å². The van der Waals surface area contributed by atoms with Crippen LogP contribution in [0.4, 0.5) is 0 Å². The second-order valence-corrected chi connectivity index (χ2v) is 14.9. The van der Waals surface area contributed by atoms with Gasteiger partial charge in [0.2, 0.25) is 0 Å². The van der Waals surface area contributed by atoms with Crippen molar-refractivity contribution in [2.75, 3.05) is 13.2 Å². The van der Waals surface area contributed by atoms with E-state index in [0.717, 1.165) is 83.5 Å². The number of unbranched alkanes of at least 4 members (excludes halogenated alkanes) is 17. The van der Waals surface area contributed by atoms with Gasteiger partial charge in [0.15, 0.2) is 6.10 Å². The molecule has 0 rings (SSSR count). The lowest BCUT2D eigenvalue weighted by Gasteiger charge is -2.18. The van der Waals surface area contributed by atoms with Crippen LogP contribution in [0.5, 0.6) is 0 Å². The Bertz CT molecular complexity index is 1080. The molecule has 0 saturated carbocycles. The molecule has 320 valence electrons. The minimum absolute atomic E-state index is 0.112. The third-order valence-corrected chi connectivity index (χ3v) is 9.41. The minimum Gasteiger partial charge on any atom is -0.462 e. The molecule has 0 aliphatic carbocycles. The largest absolute Gasteiger partial charge is 0.462 e. The van der Waals surface area contributed by atoms with Crippen molar-refractivity contribution in [2.45, 2.75) is 213 Å². The van der Waals surface area contributed by atoms with E-state index < -0.39 is 6.10 Å². The van der Waals surface area contributed by atoms with Crippen molar-refractivity contribution in [1.29, 1.82) is 0 Å². The van der Waals surface area contributed by atoms with E-state index in [-0.39, 0.29) is 37.5 Å². The van der Waals surface area contributed by atoms with Gasteiger partial charge in [-0.2, -0.15) is 0 Å². The maximum absolute atomic E-state index is 12.7. The van der Waals surface area contributed by atoms with E-state index in [2.05, 4.69) is 93.7 Å². The average molecular weight is 781 g/mol. The van der Waals surface area contributed by atoms with Gasteiger partial charge in [-0.15, -0.1) is 0 Å². The first kappa shape index (κ1) is 52.9. The van der Waals surface area contributed by atoms with Crippen LogP contribution >= 0.6 is 0 Å². The fraction of sp³-hybridized carbons (Fsp3) is 0.700. The van der Waals surface area contributed by atoms with E-state index in [0.29, 0.717) is 19.3 Å². The van der Waals surface area contributed by atoms with Crippen LogP contribution in [-0.2, 0) is 28.6 Å². The second kappa shape index (κ2) is 44.6. The zero-order chi connectivity index (χ0) is 40.8. The minimum atomic E-state index is -0.810. The molecule has 0 N–H and O–H groups in total. The molecule has 56 heavy (non-hydrogen) atoms. The van der Waals surface area contributed by atoms with Crippen molar-refractivity contribution in [3.8, 4) is 0 Å². The zero-order valence-corrected chi connectivity index (χ0v) is 36.4. The van der Waals surface area contributed by atoms with Crippen molar-refractivity contribution in [3.63, 3.8) is 0 Å². The monoisotopic (exact) mass is 781 g/mol. The number of allylic oxidation sites excluding steroid dienone is 12. The standard InChI is InChI=1S/C50H84O6/c1-4-7-10-13-16-19-21-23-24-25-26-27-29-31-34-37-40-43-49(52)55-46-47(45-54-48(51)42-39-36-33-30-18-15-12-9-6-3)56-50(53)44-41-38-35-32-28-22-20-17-14-11-8-5-2/h9,12,17-18,20,23-24,26-27,30-31,34,47H,4-8,10-11,13-16,19,21-22,25,28-29,32-33,35-46H2,1-3H3/b12-9-,20-17-,24-23-,27-26-,30-18-,34-31-. The van der Waals surface area contributed by atoms with Gasteiger partial charge in [0, 0.05) is 19.3 Å². The summed E-state index contributed by atoms with van der Waals surface area (Å²) >= 11 is 0. The summed E-state index contributed by atoms with van der Waals surface area (Å²) in [6, 6.07) is 0. The Morgan fingerprint density at radius 3 is 1.25 bits per heavy atom. The normalized spacial score (nSPS) is 12.7. The first-order valence-corrected chi connectivity index (χ1v) is 22.9. The van der Waals surface area contributed by atoms with Crippen molar-refractivity contribution in [3.05, 3.63) is 72.9 Å². The Morgan fingerprint density at radius 2 is 0.714 bits per heavy atom. The highest BCUT2D eigenvalue weighted by Gasteiger charge is 2.19. The SMILES string of the molecule is CC/C=C\C/C=C\CCCCC(=O)OCC(COC(=O)CCC/C=C\C/C=C\C/C=C\CCCCCCCC)OC(=O)CCCCCCC/C=C\CCCCC. The predicted octanol–water partition coefficient (Wildman–Crippen LogP) is 14.7. The molecule has 0 aromatic rings. The van der Waals surface area contributed by atoms with Gasteiger partial charge in [-0.1, -0.05) is 158 Å². The lowest BCUT2D eigenvalue weighted by Crippen LogP contribution is -2.30. The molecule has 6 nitrogen and oxygen atoms in total. The predicted molar refractivity (Wildman–Crippen MR) is 238 cm³/mol. The summed E-state index contributed by atoms with van der Waals surface area (Å²) in [7, 11) is 0. The number of ether oxygens (including phenoxy) is 3. The highest BCUT2D eigenvalue weighted by molar-refractivity contribution is 5.71. The molecule has 6 heteroatoms. The Balaban J connectivity index is 4.46. The Hall–Kier alpha value is -3.15. The Labute approximate surface area is 344 Å². The van der Waals surface area contributed by atoms with Crippen LogP contribution < -0.4 is 0 Å². The van der Waals surface area contributed by atoms with Gasteiger partial charge in [-0.25, -0.2) is 0 Å². The maximum atomic E-state index is 12.7. The summed E-state index contributed by atoms with van der Waals surface area (Å²) < 4.78 is 16.6. The van der Waals surface area contributed by atoms with Crippen LogP contribution in [0, 0.1) is 0 Å².